The number of aryl methyl sites for hydroxylation is 3. The van der Waals surface area contributed by atoms with Crippen LogP contribution in [-0.2, 0) is 13.1 Å². The number of aromatic nitrogens is 3. The SMILES string of the molecule is Cc1ccc(OCCCCn2c(CNC(=O)c3cccnc3)nc3ccccc32)c(C)c1. The lowest BCUT2D eigenvalue weighted by Crippen LogP contribution is -2.25. The maximum atomic E-state index is 12.4. The van der Waals surface area contributed by atoms with Crippen LogP contribution in [0.3, 0.4) is 0 Å². The molecule has 0 aliphatic rings. The van der Waals surface area contributed by atoms with E-state index in [0.717, 1.165) is 47.6 Å². The number of para-hydroxylation sites is 2. The zero-order valence-corrected chi connectivity index (χ0v) is 18.5. The molecule has 1 amide bonds. The van der Waals surface area contributed by atoms with Gasteiger partial charge in [0, 0.05) is 18.9 Å². The molecule has 0 bridgehead atoms. The van der Waals surface area contributed by atoms with Crippen LogP contribution in [0.1, 0.15) is 40.2 Å². The van der Waals surface area contributed by atoms with Crippen LogP contribution in [0.25, 0.3) is 11.0 Å². The lowest BCUT2D eigenvalue weighted by atomic mass is 10.1. The van der Waals surface area contributed by atoms with Gasteiger partial charge < -0.3 is 14.6 Å². The van der Waals surface area contributed by atoms with E-state index in [0.29, 0.717) is 18.7 Å². The second-order valence-electron chi connectivity index (χ2n) is 7.92. The number of benzene rings is 2. The molecule has 0 unspecified atom stereocenters. The summed E-state index contributed by atoms with van der Waals surface area (Å²) >= 11 is 0. The molecule has 0 aliphatic carbocycles. The van der Waals surface area contributed by atoms with Crippen LogP contribution in [-0.4, -0.2) is 27.0 Å². The van der Waals surface area contributed by atoms with E-state index in [9.17, 15) is 4.79 Å². The molecule has 164 valence electrons. The fourth-order valence-electron chi connectivity index (χ4n) is 3.78. The molecule has 2 heterocycles. The molecule has 0 saturated heterocycles. The van der Waals surface area contributed by atoms with Crippen LogP contribution in [0.5, 0.6) is 5.75 Å². The van der Waals surface area contributed by atoms with E-state index in [1.165, 1.54) is 5.56 Å². The van der Waals surface area contributed by atoms with Crippen molar-refractivity contribution in [3.8, 4) is 5.75 Å². The topological polar surface area (TPSA) is 69.0 Å². The number of hydrogen-bond acceptors (Lipinski definition) is 4. The zero-order valence-electron chi connectivity index (χ0n) is 18.5. The van der Waals surface area contributed by atoms with E-state index in [1.54, 1.807) is 24.5 Å². The molecule has 0 radical (unpaired) electrons. The molecule has 0 aliphatic heterocycles. The third-order valence-corrected chi connectivity index (χ3v) is 5.43. The number of carbonyl (C=O) groups is 1. The van der Waals surface area contributed by atoms with Gasteiger partial charge >= 0.3 is 0 Å². The molecule has 0 fully saturated rings. The van der Waals surface area contributed by atoms with Gasteiger partial charge in [-0.1, -0.05) is 29.8 Å². The number of nitrogens with one attached hydrogen (secondary N) is 1. The summed E-state index contributed by atoms with van der Waals surface area (Å²) in [7, 11) is 0. The van der Waals surface area contributed by atoms with Crippen molar-refractivity contribution < 1.29 is 9.53 Å². The van der Waals surface area contributed by atoms with Gasteiger partial charge in [0.2, 0.25) is 0 Å². The number of imidazole rings is 1. The van der Waals surface area contributed by atoms with Gasteiger partial charge in [-0.05, 0) is 62.6 Å². The van der Waals surface area contributed by atoms with E-state index in [-0.39, 0.29) is 5.91 Å². The number of hydrogen-bond donors (Lipinski definition) is 1. The first-order valence-corrected chi connectivity index (χ1v) is 10.9. The Labute approximate surface area is 188 Å². The van der Waals surface area contributed by atoms with E-state index < -0.39 is 0 Å². The molecule has 0 spiro atoms. The molecular formula is C26H28N4O2. The highest BCUT2D eigenvalue weighted by atomic mass is 16.5. The minimum atomic E-state index is -0.154. The summed E-state index contributed by atoms with van der Waals surface area (Å²) in [6, 6.07) is 17.8. The lowest BCUT2D eigenvalue weighted by Gasteiger charge is -2.12. The van der Waals surface area contributed by atoms with Gasteiger partial charge in [-0.3, -0.25) is 9.78 Å². The average Bonchev–Trinajstić information content (AvgIpc) is 3.16. The predicted octanol–water partition coefficient (Wildman–Crippen LogP) is 4.84. The summed E-state index contributed by atoms with van der Waals surface area (Å²) in [6.45, 7) is 6.01. The first-order chi connectivity index (χ1) is 15.6. The Bertz CT molecular complexity index is 1200. The number of ether oxygens (including phenoxy) is 1. The van der Waals surface area contributed by atoms with Gasteiger partial charge in [0.15, 0.2) is 0 Å². The number of carbonyl (C=O) groups excluding carboxylic acids is 1. The summed E-state index contributed by atoms with van der Waals surface area (Å²) in [6.07, 6.45) is 5.10. The second kappa shape index (κ2) is 10.1. The highest BCUT2D eigenvalue weighted by Gasteiger charge is 2.12. The summed E-state index contributed by atoms with van der Waals surface area (Å²) in [4.78, 5) is 21.2. The average molecular weight is 429 g/mol. The van der Waals surface area contributed by atoms with Crippen molar-refractivity contribution in [2.24, 2.45) is 0 Å². The summed E-state index contributed by atoms with van der Waals surface area (Å²) in [5, 5.41) is 2.96. The van der Waals surface area contributed by atoms with Crippen molar-refractivity contribution in [2.45, 2.75) is 39.8 Å². The molecular weight excluding hydrogens is 400 g/mol. The molecule has 4 rings (SSSR count). The van der Waals surface area contributed by atoms with Crippen molar-refractivity contribution >= 4 is 16.9 Å². The van der Waals surface area contributed by atoms with Gasteiger partial charge in [0.25, 0.3) is 5.91 Å². The number of amides is 1. The maximum absolute atomic E-state index is 12.4. The molecule has 2 aromatic carbocycles. The van der Waals surface area contributed by atoms with Crippen molar-refractivity contribution in [2.75, 3.05) is 6.61 Å². The number of fused-ring (bicyclic) bond motifs is 1. The Kier molecular flexibility index (Phi) is 6.80. The van der Waals surface area contributed by atoms with E-state index in [2.05, 4.69) is 46.9 Å². The highest BCUT2D eigenvalue weighted by Crippen LogP contribution is 2.20. The molecule has 6 nitrogen and oxygen atoms in total. The zero-order chi connectivity index (χ0) is 22.3. The molecule has 0 atom stereocenters. The number of pyridine rings is 1. The molecule has 1 N–H and O–H groups in total. The van der Waals surface area contributed by atoms with E-state index in [1.807, 2.05) is 24.3 Å². The summed E-state index contributed by atoms with van der Waals surface area (Å²) in [5.41, 5.74) is 4.96. The Morgan fingerprint density at radius 1 is 1.06 bits per heavy atom. The maximum Gasteiger partial charge on any atom is 0.253 e. The van der Waals surface area contributed by atoms with Crippen molar-refractivity contribution in [1.82, 2.24) is 19.9 Å². The van der Waals surface area contributed by atoms with Crippen LogP contribution in [0.4, 0.5) is 0 Å². The van der Waals surface area contributed by atoms with Crippen LogP contribution >= 0.6 is 0 Å². The van der Waals surface area contributed by atoms with Crippen molar-refractivity contribution in [3.05, 3.63) is 89.5 Å². The smallest absolute Gasteiger partial charge is 0.253 e. The molecule has 4 aromatic rings. The fourth-order valence-corrected chi connectivity index (χ4v) is 3.78. The lowest BCUT2D eigenvalue weighted by molar-refractivity contribution is 0.0949. The second-order valence-corrected chi connectivity index (χ2v) is 7.92. The van der Waals surface area contributed by atoms with Crippen LogP contribution in [0, 0.1) is 13.8 Å². The molecule has 32 heavy (non-hydrogen) atoms. The first kappa shape index (κ1) is 21.6. The minimum Gasteiger partial charge on any atom is -0.493 e. The van der Waals surface area contributed by atoms with Gasteiger partial charge in [0.1, 0.15) is 11.6 Å². The Hall–Kier alpha value is -3.67. The first-order valence-electron chi connectivity index (χ1n) is 10.9. The Morgan fingerprint density at radius 2 is 1.94 bits per heavy atom. The standard InChI is InChI=1S/C26H28N4O2/c1-19-11-12-24(20(2)16-19)32-15-6-5-14-30-23-10-4-3-9-22(23)29-25(30)18-28-26(31)21-8-7-13-27-17-21/h3-4,7-13,16-17H,5-6,14-15,18H2,1-2H3,(H,28,31). The molecule has 0 saturated carbocycles. The van der Waals surface area contributed by atoms with Gasteiger partial charge in [0.05, 0.1) is 29.7 Å². The van der Waals surface area contributed by atoms with E-state index in [4.69, 9.17) is 9.72 Å². The van der Waals surface area contributed by atoms with Crippen molar-refractivity contribution in [1.29, 1.82) is 0 Å². The quantitative estimate of drug-likeness (QED) is 0.388. The predicted molar refractivity (Wildman–Crippen MR) is 126 cm³/mol. The van der Waals surface area contributed by atoms with Gasteiger partial charge in [-0.25, -0.2) is 4.98 Å². The fraction of sp³-hybridized carbons (Fsp3) is 0.269. The number of nitrogens with zero attached hydrogens (tertiary/aromatic N) is 3. The van der Waals surface area contributed by atoms with Crippen LogP contribution < -0.4 is 10.1 Å². The Morgan fingerprint density at radius 3 is 2.75 bits per heavy atom. The molecule has 6 heteroatoms. The largest absolute Gasteiger partial charge is 0.493 e. The van der Waals surface area contributed by atoms with Gasteiger partial charge in [-0.15, -0.1) is 0 Å². The number of unbranched alkanes of at least 4 members (excludes halogenated alkanes) is 1. The third kappa shape index (κ3) is 5.14. The van der Waals surface area contributed by atoms with E-state index >= 15 is 0 Å². The van der Waals surface area contributed by atoms with Crippen LogP contribution in [0.15, 0.2) is 67.0 Å². The third-order valence-electron chi connectivity index (χ3n) is 5.43. The summed E-state index contributed by atoms with van der Waals surface area (Å²) in [5.74, 6) is 1.64. The minimum absolute atomic E-state index is 0.154. The van der Waals surface area contributed by atoms with Crippen molar-refractivity contribution in [3.63, 3.8) is 0 Å². The number of rotatable bonds is 9. The Balaban J connectivity index is 1.37. The van der Waals surface area contributed by atoms with Crippen LogP contribution in [0.2, 0.25) is 0 Å². The monoisotopic (exact) mass is 428 g/mol. The summed E-state index contributed by atoms with van der Waals surface area (Å²) < 4.78 is 8.16. The van der Waals surface area contributed by atoms with Gasteiger partial charge in [-0.2, -0.15) is 0 Å². The highest BCUT2D eigenvalue weighted by molar-refractivity contribution is 5.93. The molecule has 2 aromatic heterocycles. The normalized spacial score (nSPS) is 10.9.